The van der Waals surface area contributed by atoms with Gasteiger partial charge in [0.2, 0.25) is 0 Å². The first-order valence-corrected chi connectivity index (χ1v) is 10.5. The third-order valence-corrected chi connectivity index (χ3v) is 4.89. The first-order valence-electron chi connectivity index (χ1n) is 10.5. The van der Waals surface area contributed by atoms with Crippen molar-refractivity contribution in [1.82, 2.24) is 0 Å². The highest BCUT2D eigenvalue weighted by atomic mass is 16.7. The lowest BCUT2D eigenvalue weighted by Crippen LogP contribution is -2.40. The number of carbonyl (C=O) groups excluding carboxylic acids is 2. The van der Waals surface area contributed by atoms with Crippen LogP contribution in [0.3, 0.4) is 0 Å². The summed E-state index contributed by atoms with van der Waals surface area (Å²) in [5.74, 6) is 0.251. The van der Waals surface area contributed by atoms with Crippen LogP contribution < -0.4 is 14.5 Å². The lowest BCUT2D eigenvalue weighted by Gasteiger charge is -2.27. The van der Waals surface area contributed by atoms with Crippen LogP contribution in [0.5, 0.6) is 11.5 Å². The zero-order valence-electron chi connectivity index (χ0n) is 17.2. The van der Waals surface area contributed by atoms with Crippen molar-refractivity contribution in [2.24, 2.45) is 0 Å². The van der Waals surface area contributed by atoms with E-state index in [-0.39, 0.29) is 6.61 Å². The van der Waals surface area contributed by atoms with E-state index in [2.05, 4.69) is 6.92 Å². The molecule has 0 atom stereocenters. The molecule has 6 heteroatoms. The van der Waals surface area contributed by atoms with Crippen LogP contribution in [0, 0.1) is 0 Å². The quantitative estimate of drug-likeness (QED) is 0.433. The normalized spacial score (nSPS) is 13.1. The minimum absolute atomic E-state index is 0.148. The number of nitrogens with zero attached hydrogens (tertiary/aromatic N) is 1. The van der Waals surface area contributed by atoms with Gasteiger partial charge in [-0.15, -0.1) is 5.06 Å². The Morgan fingerprint density at radius 1 is 1.04 bits per heavy atom. The van der Waals surface area contributed by atoms with Crippen molar-refractivity contribution < 1.29 is 23.9 Å². The Kier molecular flexibility index (Phi) is 9.66. The van der Waals surface area contributed by atoms with Gasteiger partial charge in [0.1, 0.15) is 17.2 Å². The van der Waals surface area contributed by atoms with Crippen molar-refractivity contribution >= 4 is 17.6 Å². The molecule has 1 aromatic rings. The van der Waals surface area contributed by atoms with Crippen LogP contribution in [0.15, 0.2) is 18.2 Å². The number of carbonyl (C=O) groups is 2. The largest absolute Gasteiger partial charge is 0.497 e. The zero-order chi connectivity index (χ0) is 20.2. The van der Waals surface area contributed by atoms with Gasteiger partial charge in [-0.25, -0.2) is 4.79 Å². The molecule has 1 aliphatic rings. The molecule has 0 saturated heterocycles. The van der Waals surface area contributed by atoms with Gasteiger partial charge in [-0.3, -0.25) is 4.79 Å². The highest BCUT2D eigenvalue weighted by Crippen LogP contribution is 2.35. The number of ether oxygens (including phenoxy) is 2. The van der Waals surface area contributed by atoms with Gasteiger partial charge in [0.25, 0.3) is 5.91 Å². The number of hydrogen-bond donors (Lipinski definition) is 0. The molecule has 0 fully saturated rings. The predicted octanol–water partition coefficient (Wildman–Crippen LogP) is 5.19. The summed E-state index contributed by atoms with van der Waals surface area (Å²) in [7, 11) is 1.54. The summed E-state index contributed by atoms with van der Waals surface area (Å²) in [5.41, 5.74) is 0.395. The Hall–Kier alpha value is -2.24. The summed E-state index contributed by atoms with van der Waals surface area (Å²) in [6, 6.07) is 5.06. The highest BCUT2D eigenvalue weighted by Gasteiger charge is 2.29. The van der Waals surface area contributed by atoms with Crippen LogP contribution in [0.1, 0.15) is 77.6 Å². The standard InChI is InChI=1S/C22H33NO5/c1-3-4-5-6-7-8-9-10-11-12-13-22(25)28-23-19-16-18(26-2)14-15-20(19)27-17-21(23)24/h14-16H,3-13,17H2,1-2H3. The second kappa shape index (κ2) is 12.3. The number of hydrogen-bond acceptors (Lipinski definition) is 5. The summed E-state index contributed by atoms with van der Waals surface area (Å²) in [5, 5.41) is 1.03. The van der Waals surface area contributed by atoms with Crippen molar-refractivity contribution in [3.05, 3.63) is 18.2 Å². The number of benzene rings is 1. The van der Waals surface area contributed by atoms with E-state index in [1.807, 2.05) is 0 Å². The van der Waals surface area contributed by atoms with E-state index in [1.165, 1.54) is 52.1 Å². The second-order valence-corrected chi connectivity index (χ2v) is 7.21. The molecule has 28 heavy (non-hydrogen) atoms. The molecule has 1 amide bonds. The zero-order valence-corrected chi connectivity index (χ0v) is 17.2. The third kappa shape index (κ3) is 7.06. The van der Waals surface area contributed by atoms with Gasteiger partial charge in [0, 0.05) is 12.5 Å². The van der Waals surface area contributed by atoms with Gasteiger partial charge < -0.3 is 14.3 Å². The number of hydroxylamine groups is 1. The van der Waals surface area contributed by atoms with Crippen LogP contribution >= 0.6 is 0 Å². The van der Waals surface area contributed by atoms with E-state index >= 15 is 0 Å². The van der Waals surface area contributed by atoms with Gasteiger partial charge in [-0.1, -0.05) is 64.7 Å². The number of fused-ring (bicyclic) bond motifs is 1. The molecule has 0 aromatic heterocycles. The van der Waals surface area contributed by atoms with Gasteiger partial charge in [-0.05, 0) is 18.6 Å². The Balaban J connectivity index is 1.67. The molecule has 156 valence electrons. The van der Waals surface area contributed by atoms with Crippen LogP contribution in [-0.4, -0.2) is 25.6 Å². The van der Waals surface area contributed by atoms with Gasteiger partial charge in [-0.2, -0.15) is 0 Å². The minimum atomic E-state index is -0.405. The molecule has 1 aliphatic heterocycles. The number of rotatable bonds is 13. The molecule has 2 rings (SSSR count). The maximum absolute atomic E-state index is 12.2. The molecular formula is C22H33NO5. The third-order valence-electron chi connectivity index (χ3n) is 4.89. The number of methoxy groups -OCH3 is 1. The average molecular weight is 392 g/mol. The number of unbranched alkanes of at least 4 members (excludes halogenated alkanes) is 9. The second-order valence-electron chi connectivity index (χ2n) is 7.21. The monoisotopic (exact) mass is 391 g/mol. The van der Waals surface area contributed by atoms with Crippen molar-refractivity contribution in [2.45, 2.75) is 77.6 Å². The first kappa shape index (κ1) is 22.1. The summed E-state index contributed by atoms with van der Waals surface area (Å²) in [4.78, 5) is 29.6. The Bertz CT molecular complexity index is 631. The lowest BCUT2D eigenvalue weighted by atomic mass is 10.1. The van der Waals surface area contributed by atoms with Gasteiger partial charge in [0.15, 0.2) is 6.61 Å². The summed E-state index contributed by atoms with van der Waals surface area (Å²) >= 11 is 0. The van der Waals surface area contributed by atoms with E-state index in [9.17, 15) is 9.59 Å². The van der Waals surface area contributed by atoms with Gasteiger partial charge >= 0.3 is 5.97 Å². The molecule has 6 nitrogen and oxygen atoms in total. The maximum atomic E-state index is 12.2. The molecule has 1 aromatic carbocycles. The Labute approximate surface area is 168 Å². The summed E-state index contributed by atoms with van der Waals surface area (Å²) in [6.07, 6.45) is 12.3. The predicted molar refractivity (Wildman–Crippen MR) is 109 cm³/mol. The fraction of sp³-hybridized carbons (Fsp3) is 0.636. The van der Waals surface area contributed by atoms with Crippen molar-refractivity contribution in [2.75, 3.05) is 18.8 Å². The van der Waals surface area contributed by atoms with Crippen LogP contribution in [-0.2, 0) is 14.4 Å². The molecule has 0 unspecified atom stereocenters. The fourth-order valence-electron chi connectivity index (χ4n) is 3.24. The molecule has 0 radical (unpaired) electrons. The molecule has 1 heterocycles. The van der Waals surface area contributed by atoms with Crippen LogP contribution in [0.25, 0.3) is 0 Å². The highest BCUT2D eigenvalue weighted by molar-refractivity contribution is 5.97. The molecule has 0 spiro atoms. The molecule has 0 saturated carbocycles. The van der Waals surface area contributed by atoms with Crippen molar-refractivity contribution in [3.63, 3.8) is 0 Å². The Morgan fingerprint density at radius 3 is 2.32 bits per heavy atom. The van der Waals surface area contributed by atoms with E-state index in [1.54, 1.807) is 18.2 Å². The first-order chi connectivity index (χ1) is 13.7. The number of amides is 1. The van der Waals surface area contributed by atoms with Crippen LogP contribution in [0.2, 0.25) is 0 Å². The van der Waals surface area contributed by atoms with Crippen molar-refractivity contribution in [3.8, 4) is 11.5 Å². The van der Waals surface area contributed by atoms with Gasteiger partial charge in [0.05, 0.1) is 7.11 Å². The van der Waals surface area contributed by atoms with Crippen molar-refractivity contribution in [1.29, 1.82) is 0 Å². The van der Waals surface area contributed by atoms with E-state index in [4.69, 9.17) is 14.3 Å². The average Bonchev–Trinajstić information content (AvgIpc) is 2.71. The summed E-state index contributed by atoms with van der Waals surface area (Å²) in [6.45, 7) is 2.08. The maximum Gasteiger partial charge on any atom is 0.333 e. The molecule has 0 bridgehead atoms. The Morgan fingerprint density at radius 2 is 1.68 bits per heavy atom. The van der Waals surface area contributed by atoms with Crippen LogP contribution in [0.4, 0.5) is 5.69 Å². The van der Waals surface area contributed by atoms with E-state index in [0.29, 0.717) is 23.6 Å². The molecule has 0 N–H and O–H groups in total. The van der Waals surface area contributed by atoms with E-state index in [0.717, 1.165) is 24.3 Å². The topological polar surface area (TPSA) is 65.1 Å². The number of anilines is 1. The molecular weight excluding hydrogens is 358 g/mol. The molecule has 0 aliphatic carbocycles. The SMILES string of the molecule is CCCCCCCCCCCCC(=O)ON1C(=O)COc2ccc(OC)cc21. The summed E-state index contributed by atoms with van der Waals surface area (Å²) < 4.78 is 10.5. The minimum Gasteiger partial charge on any atom is -0.497 e. The fourth-order valence-corrected chi connectivity index (χ4v) is 3.24. The lowest BCUT2D eigenvalue weighted by molar-refractivity contribution is -0.151. The van der Waals surface area contributed by atoms with E-state index < -0.39 is 11.9 Å². The smallest absolute Gasteiger partial charge is 0.333 e.